The van der Waals surface area contributed by atoms with Gasteiger partial charge in [-0.05, 0) is 54.3 Å². The number of amides is 1. The van der Waals surface area contributed by atoms with Gasteiger partial charge in [0.15, 0.2) is 0 Å². The van der Waals surface area contributed by atoms with E-state index in [2.05, 4.69) is 25.1 Å². The molecule has 0 atom stereocenters. The maximum absolute atomic E-state index is 11.0. The zero-order valence-electron chi connectivity index (χ0n) is 11.0. The molecule has 1 amide bonds. The number of carbonyl (C=O) groups excluding carboxylic acids is 1. The first-order valence-corrected chi connectivity index (χ1v) is 6.31. The van der Waals surface area contributed by atoms with Crippen molar-refractivity contribution in [2.24, 2.45) is 11.5 Å². The highest BCUT2D eigenvalue weighted by atomic mass is 16.1. The van der Waals surface area contributed by atoms with E-state index in [4.69, 9.17) is 11.5 Å². The van der Waals surface area contributed by atoms with Crippen LogP contribution in [0, 0.1) is 6.92 Å². The Morgan fingerprint density at radius 2 is 1.68 bits per heavy atom. The van der Waals surface area contributed by atoms with Crippen molar-refractivity contribution in [3.05, 3.63) is 59.2 Å². The number of aryl methyl sites for hydroxylation is 1. The molecule has 0 unspecified atom stereocenters. The zero-order valence-corrected chi connectivity index (χ0v) is 11.0. The van der Waals surface area contributed by atoms with Crippen LogP contribution in [-0.4, -0.2) is 12.5 Å². The minimum absolute atomic E-state index is 0.403. The standard InChI is InChI=1S/C16H18N2O/c1-11-2-3-15(10-14(11)8-9-17)12-4-6-13(7-5-12)16(18)19/h2-7,10H,8-9,17H2,1H3,(H2,18,19). The number of nitrogens with two attached hydrogens (primary N) is 2. The van der Waals surface area contributed by atoms with Crippen LogP contribution in [0.5, 0.6) is 0 Å². The highest BCUT2D eigenvalue weighted by molar-refractivity contribution is 5.93. The molecule has 3 heteroatoms. The van der Waals surface area contributed by atoms with Crippen LogP contribution >= 0.6 is 0 Å². The summed E-state index contributed by atoms with van der Waals surface area (Å²) in [5.74, 6) is -0.403. The molecule has 0 saturated carbocycles. The highest BCUT2D eigenvalue weighted by Crippen LogP contribution is 2.23. The number of primary amides is 1. The first kappa shape index (κ1) is 13.3. The summed E-state index contributed by atoms with van der Waals surface area (Å²) in [5.41, 5.74) is 16.1. The molecule has 2 aromatic rings. The average molecular weight is 254 g/mol. The van der Waals surface area contributed by atoms with Crippen LogP contribution in [0.1, 0.15) is 21.5 Å². The molecule has 0 aliphatic heterocycles. The fourth-order valence-corrected chi connectivity index (χ4v) is 2.10. The maximum Gasteiger partial charge on any atom is 0.248 e. The van der Waals surface area contributed by atoms with Gasteiger partial charge in [0.05, 0.1) is 0 Å². The van der Waals surface area contributed by atoms with Crippen molar-refractivity contribution >= 4 is 5.91 Å². The molecular formula is C16H18N2O. The predicted octanol–water partition coefficient (Wildman–Crippen LogP) is 2.26. The fraction of sp³-hybridized carbons (Fsp3) is 0.188. The molecular weight excluding hydrogens is 236 g/mol. The molecule has 0 radical (unpaired) electrons. The molecule has 0 fully saturated rings. The molecule has 0 aliphatic carbocycles. The van der Waals surface area contributed by atoms with Crippen LogP contribution in [-0.2, 0) is 6.42 Å². The minimum atomic E-state index is -0.403. The van der Waals surface area contributed by atoms with Crippen molar-refractivity contribution < 1.29 is 4.79 Å². The Morgan fingerprint density at radius 3 is 2.26 bits per heavy atom. The molecule has 0 heterocycles. The van der Waals surface area contributed by atoms with Crippen LogP contribution < -0.4 is 11.5 Å². The van der Waals surface area contributed by atoms with E-state index in [1.807, 2.05) is 12.1 Å². The van der Waals surface area contributed by atoms with Gasteiger partial charge in [0.2, 0.25) is 5.91 Å². The van der Waals surface area contributed by atoms with Crippen molar-refractivity contribution in [3.8, 4) is 11.1 Å². The Balaban J connectivity index is 2.35. The molecule has 3 nitrogen and oxygen atoms in total. The summed E-state index contributed by atoms with van der Waals surface area (Å²) >= 11 is 0. The quantitative estimate of drug-likeness (QED) is 0.878. The van der Waals surface area contributed by atoms with Gasteiger partial charge in [-0.1, -0.05) is 30.3 Å². The minimum Gasteiger partial charge on any atom is -0.366 e. The van der Waals surface area contributed by atoms with Gasteiger partial charge in [-0.15, -0.1) is 0 Å². The highest BCUT2D eigenvalue weighted by Gasteiger charge is 2.04. The summed E-state index contributed by atoms with van der Waals surface area (Å²) in [7, 11) is 0. The van der Waals surface area contributed by atoms with E-state index in [-0.39, 0.29) is 0 Å². The lowest BCUT2D eigenvalue weighted by Crippen LogP contribution is -2.10. The van der Waals surface area contributed by atoms with Crippen molar-refractivity contribution in [3.63, 3.8) is 0 Å². The summed E-state index contributed by atoms with van der Waals surface area (Å²) in [6.45, 7) is 2.73. The number of carbonyl (C=O) groups is 1. The first-order chi connectivity index (χ1) is 9.11. The second kappa shape index (κ2) is 5.67. The number of hydrogen-bond donors (Lipinski definition) is 2. The largest absolute Gasteiger partial charge is 0.366 e. The van der Waals surface area contributed by atoms with Gasteiger partial charge < -0.3 is 11.5 Å². The lowest BCUT2D eigenvalue weighted by Gasteiger charge is -2.08. The first-order valence-electron chi connectivity index (χ1n) is 6.31. The lowest BCUT2D eigenvalue weighted by molar-refractivity contribution is 0.100. The van der Waals surface area contributed by atoms with Crippen molar-refractivity contribution in [1.29, 1.82) is 0 Å². The average Bonchev–Trinajstić information content (AvgIpc) is 2.41. The third kappa shape index (κ3) is 3.01. The topological polar surface area (TPSA) is 69.1 Å². The Bertz CT molecular complexity index is 588. The molecule has 0 aliphatic rings. The fourth-order valence-electron chi connectivity index (χ4n) is 2.10. The summed E-state index contributed by atoms with van der Waals surface area (Å²) < 4.78 is 0. The zero-order chi connectivity index (χ0) is 13.8. The van der Waals surface area contributed by atoms with Gasteiger partial charge in [-0.2, -0.15) is 0 Å². The smallest absolute Gasteiger partial charge is 0.248 e. The Hall–Kier alpha value is -2.13. The number of rotatable bonds is 4. The molecule has 4 N–H and O–H groups in total. The molecule has 2 aromatic carbocycles. The summed E-state index contributed by atoms with van der Waals surface area (Å²) in [4.78, 5) is 11.0. The summed E-state index contributed by atoms with van der Waals surface area (Å²) in [6, 6.07) is 13.7. The van der Waals surface area contributed by atoms with Gasteiger partial charge in [-0.3, -0.25) is 4.79 Å². The van der Waals surface area contributed by atoms with Crippen LogP contribution in [0.25, 0.3) is 11.1 Å². The lowest BCUT2D eigenvalue weighted by atomic mass is 9.97. The second-order valence-corrected chi connectivity index (χ2v) is 4.62. The molecule has 0 aromatic heterocycles. The van der Waals surface area contributed by atoms with Crippen LogP contribution in [0.4, 0.5) is 0 Å². The van der Waals surface area contributed by atoms with Gasteiger partial charge in [-0.25, -0.2) is 0 Å². The number of benzene rings is 2. The SMILES string of the molecule is Cc1ccc(-c2ccc(C(N)=O)cc2)cc1CCN. The van der Waals surface area contributed by atoms with Crippen LogP contribution in [0.15, 0.2) is 42.5 Å². The van der Waals surface area contributed by atoms with E-state index < -0.39 is 5.91 Å². The Morgan fingerprint density at radius 1 is 1.05 bits per heavy atom. The number of hydrogen-bond acceptors (Lipinski definition) is 2. The predicted molar refractivity (Wildman–Crippen MR) is 77.9 cm³/mol. The summed E-state index contributed by atoms with van der Waals surface area (Å²) in [5, 5.41) is 0. The Labute approximate surface area is 113 Å². The maximum atomic E-state index is 11.0. The van der Waals surface area contributed by atoms with Crippen molar-refractivity contribution in [1.82, 2.24) is 0 Å². The van der Waals surface area contributed by atoms with E-state index in [1.54, 1.807) is 12.1 Å². The van der Waals surface area contributed by atoms with Crippen molar-refractivity contribution in [2.45, 2.75) is 13.3 Å². The summed E-state index contributed by atoms with van der Waals surface area (Å²) in [6.07, 6.45) is 0.874. The van der Waals surface area contributed by atoms with Gasteiger partial charge in [0, 0.05) is 5.56 Å². The van der Waals surface area contributed by atoms with E-state index in [0.29, 0.717) is 12.1 Å². The second-order valence-electron chi connectivity index (χ2n) is 4.62. The van der Waals surface area contributed by atoms with E-state index in [1.165, 1.54) is 11.1 Å². The van der Waals surface area contributed by atoms with Gasteiger partial charge >= 0.3 is 0 Å². The van der Waals surface area contributed by atoms with E-state index >= 15 is 0 Å². The van der Waals surface area contributed by atoms with Gasteiger partial charge in [0.25, 0.3) is 0 Å². The molecule has 2 rings (SSSR count). The normalized spacial score (nSPS) is 10.4. The monoisotopic (exact) mass is 254 g/mol. The third-order valence-electron chi connectivity index (χ3n) is 3.27. The van der Waals surface area contributed by atoms with E-state index in [9.17, 15) is 4.79 Å². The molecule has 0 bridgehead atoms. The Kier molecular flexibility index (Phi) is 3.97. The third-order valence-corrected chi connectivity index (χ3v) is 3.27. The molecule has 19 heavy (non-hydrogen) atoms. The van der Waals surface area contributed by atoms with Gasteiger partial charge in [0.1, 0.15) is 0 Å². The van der Waals surface area contributed by atoms with Crippen LogP contribution in [0.2, 0.25) is 0 Å². The molecule has 0 saturated heterocycles. The van der Waals surface area contributed by atoms with E-state index in [0.717, 1.165) is 17.5 Å². The van der Waals surface area contributed by atoms with Crippen LogP contribution in [0.3, 0.4) is 0 Å². The molecule has 98 valence electrons. The van der Waals surface area contributed by atoms with Crippen molar-refractivity contribution in [2.75, 3.05) is 6.54 Å². The molecule has 0 spiro atoms.